The van der Waals surface area contributed by atoms with Crippen LogP contribution in [-0.2, 0) is 0 Å². The van der Waals surface area contributed by atoms with Gasteiger partial charge in [-0.05, 0) is 128 Å². The first-order valence-corrected chi connectivity index (χ1v) is 21.9. The van der Waals surface area contributed by atoms with E-state index in [9.17, 15) is 0 Å². The Balaban J connectivity index is 1.23. The zero-order valence-electron chi connectivity index (χ0n) is 35.3. The molecule has 0 aliphatic heterocycles. The molecule has 0 aromatic heterocycles. The van der Waals surface area contributed by atoms with E-state index in [1.807, 2.05) is 0 Å². The van der Waals surface area contributed by atoms with Crippen molar-refractivity contribution in [3.63, 3.8) is 0 Å². The highest BCUT2D eigenvalue weighted by Crippen LogP contribution is 2.52. The molecule has 2 nitrogen and oxygen atoms in total. The smallest absolute Gasteiger partial charge is 0.0546 e. The predicted molar refractivity (Wildman–Crippen MR) is 273 cm³/mol. The molecule has 11 aromatic carbocycles. The number of benzene rings is 11. The molecule has 0 heterocycles. The first-order valence-electron chi connectivity index (χ1n) is 21.9. The van der Waals surface area contributed by atoms with Crippen LogP contribution in [0.15, 0.2) is 267 Å². The molecule has 0 spiro atoms. The normalized spacial score (nSPS) is 11.1. The number of rotatable bonds is 10. The Morgan fingerprint density at radius 3 is 1.12 bits per heavy atom. The molecule has 0 radical (unpaired) electrons. The molecule has 302 valence electrons. The van der Waals surface area contributed by atoms with Gasteiger partial charge in [-0.15, -0.1) is 0 Å². The van der Waals surface area contributed by atoms with Crippen molar-refractivity contribution < 1.29 is 0 Å². The Morgan fingerprint density at radius 2 is 0.609 bits per heavy atom. The van der Waals surface area contributed by atoms with Crippen molar-refractivity contribution in [2.45, 2.75) is 0 Å². The van der Waals surface area contributed by atoms with Crippen LogP contribution in [0.25, 0.3) is 66.1 Å². The van der Waals surface area contributed by atoms with E-state index in [2.05, 4.69) is 277 Å². The van der Waals surface area contributed by atoms with Crippen molar-refractivity contribution in [3.8, 4) is 44.5 Å². The van der Waals surface area contributed by atoms with Gasteiger partial charge in [0.15, 0.2) is 0 Å². The lowest BCUT2D eigenvalue weighted by Crippen LogP contribution is -2.13. The van der Waals surface area contributed by atoms with Crippen LogP contribution < -0.4 is 9.80 Å². The molecule has 0 unspecified atom stereocenters. The van der Waals surface area contributed by atoms with Gasteiger partial charge < -0.3 is 9.80 Å². The summed E-state index contributed by atoms with van der Waals surface area (Å²) >= 11 is 0. The van der Waals surface area contributed by atoms with E-state index >= 15 is 0 Å². The molecule has 0 N–H and O–H groups in total. The third kappa shape index (κ3) is 7.17. The molecule has 0 saturated carbocycles. The fourth-order valence-corrected chi connectivity index (χ4v) is 9.39. The van der Waals surface area contributed by atoms with Crippen LogP contribution in [-0.4, -0.2) is 0 Å². The number of hydrogen-bond acceptors (Lipinski definition) is 2. The van der Waals surface area contributed by atoms with E-state index in [0.29, 0.717) is 0 Å². The molecule has 0 aliphatic rings. The zero-order chi connectivity index (χ0) is 42.7. The van der Waals surface area contributed by atoms with Gasteiger partial charge in [0.2, 0.25) is 0 Å². The van der Waals surface area contributed by atoms with E-state index in [1.54, 1.807) is 0 Å². The Kier molecular flexibility index (Phi) is 10.3. The fraction of sp³-hybridized carbons (Fsp3) is 0. The third-order valence-corrected chi connectivity index (χ3v) is 12.2. The summed E-state index contributed by atoms with van der Waals surface area (Å²) in [7, 11) is 0. The maximum atomic E-state index is 2.44. The second-order valence-corrected chi connectivity index (χ2v) is 16.0. The first kappa shape index (κ1) is 38.5. The molecule has 64 heavy (non-hydrogen) atoms. The molecule has 2 heteroatoms. The Morgan fingerprint density at radius 1 is 0.234 bits per heavy atom. The summed E-state index contributed by atoms with van der Waals surface area (Å²) < 4.78 is 0. The monoisotopic (exact) mass is 816 g/mol. The third-order valence-electron chi connectivity index (χ3n) is 12.2. The maximum Gasteiger partial charge on any atom is 0.0546 e. The molecule has 0 bridgehead atoms. The number of fused-ring (bicyclic) bond motifs is 2. The first-order chi connectivity index (χ1) is 31.8. The summed E-state index contributed by atoms with van der Waals surface area (Å²) in [6.45, 7) is 0. The molecule has 11 aromatic rings. The van der Waals surface area contributed by atoms with E-state index in [-0.39, 0.29) is 0 Å². The molecule has 0 fully saturated rings. The number of para-hydroxylation sites is 3. The van der Waals surface area contributed by atoms with Crippen molar-refractivity contribution in [1.82, 2.24) is 0 Å². The lowest BCUT2D eigenvalue weighted by atomic mass is 9.82. The topological polar surface area (TPSA) is 6.48 Å². The molecule has 11 rings (SSSR count). The second kappa shape index (κ2) is 17.1. The van der Waals surface area contributed by atoms with E-state index < -0.39 is 0 Å². The minimum absolute atomic E-state index is 1.06. The van der Waals surface area contributed by atoms with Crippen LogP contribution >= 0.6 is 0 Å². The molecule has 0 aliphatic carbocycles. The Labute approximate surface area is 375 Å². The minimum atomic E-state index is 1.06. The number of nitrogens with zero attached hydrogens (tertiary/aromatic N) is 2. The van der Waals surface area contributed by atoms with Crippen LogP contribution in [0.5, 0.6) is 0 Å². The standard InChI is InChI=1S/C62H44N2/c1-6-22-45(23-7-1)54-33-18-20-36-57(54)61-56-35-17-16-26-47(56)44-48-38-43-59(62(60(48)61)58-37-21-19-34-55(58)46-24-8-2-9-25-46)64(51-31-14-5-15-32-51)53-41-39-52(40-42-53)63(49-27-10-3-11-28-49)50-29-12-4-13-30-50/h1-44H. The van der Waals surface area contributed by atoms with Crippen molar-refractivity contribution in [2.24, 2.45) is 0 Å². The largest absolute Gasteiger partial charge is 0.311 e. The van der Waals surface area contributed by atoms with Gasteiger partial charge in [0.05, 0.1) is 5.69 Å². The van der Waals surface area contributed by atoms with Gasteiger partial charge in [0.1, 0.15) is 0 Å². The molecule has 0 atom stereocenters. The average molecular weight is 817 g/mol. The Hall–Kier alpha value is -8.46. The SMILES string of the molecule is c1ccc(-c2ccccc2-c2c(N(c3ccccc3)c3ccc(N(c4ccccc4)c4ccccc4)cc3)ccc3cc4ccccc4c(-c4ccccc4-c4ccccc4)c23)cc1. The zero-order valence-corrected chi connectivity index (χ0v) is 35.3. The highest BCUT2D eigenvalue weighted by Gasteiger charge is 2.26. The maximum absolute atomic E-state index is 2.44. The second-order valence-electron chi connectivity index (χ2n) is 16.0. The van der Waals surface area contributed by atoms with E-state index in [0.717, 1.165) is 34.1 Å². The number of anilines is 6. The number of hydrogen-bond donors (Lipinski definition) is 0. The van der Waals surface area contributed by atoms with Crippen molar-refractivity contribution in [3.05, 3.63) is 267 Å². The van der Waals surface area contributed by atoms with Crippen molar-refractivity contribution in [1.29, 1.82) is 0 Å². The van der Waals surface area contributed by atoms with Crippen molar-refractivity contribution in [2.75, 3.05) is 9.80 Å². The van der Waals surface area contributed by atoms with Gasteiger partial charge in [-0.3, -0.25) is 0 Å². The van der Waals surface area contributed by atoms with Gasteiger partial charge in [0.25, 0.3) is 0 Å². The van der Waals surface area contributed by atoms with Gasteiger partial charge in [-0.1, -0.05) is 194 Å². The predicted octanol–water partition coefficient (Wildman–Crippen LogP) is 17.6. The summed E-state index contributed by atoms with van der Waals surface area (Å²) in [5, 5.41) is 4.81. The lowest BCUT2D eigenvalue weighted by molar-refractivity contribution is 1.26. The van der Waals surface area contributed by atoms with Crippen LogP contribution in [0.2, 0.25) is 0 Å². The summed E-state index contributed by atoms with van der Waals surface area (Å²) in [6, 6.07) is 96.4. The highest BCUT2D eigenvalue weighted by atomic mass is 15.2. The quantitative estimate of drug-likeness (QED) is 0.127. The van der Waals surface area contributed by atoms with Crippen LogP contribution in [0.1, 0.15) is 0 Å². The highest BCUT2D eigenvalue weighted by molar-refractivity contribution is 6.22. The van der Waals surface area contributed by atoms with Crippen molar-refractivity contribution >= 4 is 55.7 Å². The van der Waals surface area contributed by atoms with Crippen LogP contribution in [0.4, 0.5) is 34.1 Å². The summed E-state index contributed by atoms with van der Waals surface area (Å²) in [4.78, 5) is 4.76. The molecule has 0 amide bonds. The summed E-state index contributed by atoms with van der Waals surface area (Å²) in [5.41, 5.74) is 16.0. The molecular formula is C62H44N2. The summed E-state index contributed by atoms with van der Waals surface area (Å²) in [5.74, 6) is 0. The average Bonchev–Trinajstić information content (AvgIpc) is 3.38. The fourth-order valence-electron chi connectivity index (χ4n) is 9.39. The van der Waals surface area contributed by atoms with Gasteiger partial charge in [-0.25, -0.2) is 0 Å². The van der Waals surface area contributed by atoms with Crippen LogP contribution in [0, 0.1) is 0 Å². The van der Waals surface area contributed by atoms with Gasteiger partial charge in [0, 0.05) is 39.4 Å². The van der Waals surface area contributed by atoms with E-state index in [1.165, 1.54) is 66.1 Å². The summed E-state index contributed by atoms with van der Waals surface area (Å²) in [6.07, 6.45) is 0. The minimum Gasteiger partial charge on any atom is -0.311 e. The van der Waals surface area contributed by atoms with Gasteiger partial charge in [-0.2, -0.15) is 0 Å². The van der Waals surface area contributed by atoms with E-state index in [4.69, 9.17) is 0 Å². The van der Waals surface area contributed by atoms with Gasteiger partial charge >= 0.3 is 0 Å². The molecule has 0 saturated heterocycles. The molecular weight excluding hydrogens is 773 g/mol. The van der Waals surface area contributed by atoms with Crippen LogP contribution in [0.3, 0.4) is 0 Å². The lowest BCUT2D eigenvalue weighted by Gasteiger charge is -2.31. The Bertz CT molecular complexity index is 3310.